The van der Waals surface area contributed by atoms with Crippen LogP contribution in [0, 0.1) is 0 Å². The minimum Gasteiger partial charge on any atom is -0.465 e. The van der Waals surface area contributed by atoms with Crippen molar-refractivity contribution in [3.05, 3.63) is 0 Å². The summed E-state index contributed by atoms with van der Waals surface area (Å²) in [5, 5.41) is 0. The summed E-state index contributed by atoms with van der Waals surface area (Å²) in [5.41, 5.74) is 0. The molecule has 1 fully saturated rings. The van der Waals surface area contributed by atoms with E-state index in [2.05, 4.69) is 0 Å². The second-order valence-electron chi connectivity index (χ2n) is 2.53. The number of hydrogen-bond acceptors (Lipinski definition) is 4. The Morgan fingerprint density at radius 3 is 2.75 bits per heavy atom. The van der Waals surface area contributed by atoms with Gasteiger partial charge in [-0.2, -0.15) is 0 Å². The van der Waals surface area contributed by atoms with E-state index < -0.39 is 0 Å². The molecular weight excluding hydrogens is 160 g/mol. The highest BCUT2D eigenvalue weighted by molar-refractivity contribution is 5.68. The van der Waals surface area contributed by atoms with E-state index in [-0.39, 0.29) is 12.3 Å². The standard InChI is InChI=1S/C8H14O4/c1-2-7(9)10-4-3-8-11-5-6-12-8/h8H,2-6H2,1H3. The van der Waals surface area contributed by atoms with E-state index in [0.717, 1.165) is 0 Å². The summed E-state index contributed by atoms with van der Waals surface area (Å²) in [4.78, 5) is 10.7. The van der Waals surface area contributed by atoms with Gasteiger partial charge in [-0.1, -0.05) is 6.92 Å². The molecule has 4 heteroatoms. The van der Waals surface area contributed by atoms with Crippen molar-refractivity contribution in [2.75, 3.05) is 19.8 Å². The molecule has 0 aromatic carbocycles. The Morgan fingerprint density at radius 2 is 2.17 bits per heavy atom. The van der Waals surface area contributed by atoms with Gasteiger partial charge in [0.15, 0.2) is 6.29 Å². The summed E-state index contributed by atoms with van der Waals surface area (Å²) >= 11 is 0. The van der Waals surface area contributed by atoms with Crippen LogP contribution in [-0.4, -0.2) is 32.1 Å². The monoisotopic (exact) mass is 174 g/mol. The first-order valence-corrected chi connectivity index (χ1v) is 4.21. The molecule has 12 heavy (non-hydrogen) atoms. The maximum atomic E-state index is 10.7. The zero-order valence-corrected chi connectivity index (χ0v) is 7.25. The van der Waals surface area contributed by atoms with Crippen molar-refractivity contribution < 1.29 is 19.0 Å². The first-order valence-electron chi connectivity index (χ1n) is 4.21. The second kappa shape index (κ2) is 5.11. The molecule has 0 bridgehead atoms. The summed E-state index contributed by atoms with van der Waals surface area (Å²) in [6.45, 7) is 3.45. The Balaban J connectivity index is 1.97. The van der Waals surface area contributed by atoms with Gasteiger partial charge in [0.1, 0.15) is 0 Å². The summed E-state index contributed by atoms with van der Waals surface area (Å²) in [6.07, 6.45) is 0.882. The number of rotatable bonds is 4. The SMILES string of the molecule is CCC(=O)OCCC1OCCO1. The normalized spacial score (nSPS) is 18.1. The van der Waals surface area contributed by atoms with Gasteiger partial charge in [0.05, 0.1) is 19.8 Å². The van der Waals surface area contributed by atoms with Gasteiger partial charge in [-0.3, -0.25) is 4.79 Å². The first-order chi connectivity index (χ1) is 5.83. The van der Waals surface area contributed by atoms with E-state index in [9.17, 15) is 4.79 Å². The minimum atomic E-state index is -0.173. The molecule has 0 amide bonds. The summed E-state index contributed by atoms with van der Waals surface area (Å²) in [5.74, 6) is -0.173. The third-order valence-electron chi connectivity index (χ3n) is 1.60. The Hall–Kier alpha value is -0.610. The molecule has 1 rings (SSSR count). The van der Waals surface area contributed by atoms with Crippen molar-refractivity contribution in [2.45, 2.75) is 26.1 Å². The predicted octanol–water partition coefficient (Wildman–Crippen LogP) is 0.703. The lowest BCUT2D eigenvalue weighted by molar-refractivity contribution is -0.145. The number of ether oxygens (including phenoxy) is 3. The average Bonchev–Trinajstić information content (AvgIpc) is 2.57. The average molecular weight is 174 g/mol. The predicted molar refractivity (Wildman–Crippen MR) is 41.6 cm³/mol. The molecule has 0 atom stereocenters. The maximum Gasteiger partial charge on any atom is 0.305 e. The Morgan fingerprint density at radius 1 is 1.50 bits per heavy atom. The molecule has 4 nitrogen and oxygen atoms in total. The molecule has 1 aliphatic heterocycles. The smallest absolute Gasteiger partial charge is 0.305 e. The van der Waals surface area contributed by atoms with Crippen LogP contribution in [0.25, 0.3) is 0 Å². The molecule has 0 radical (unpaired) electrons. The van der Waals surface area contributed by atoms with Crippen LogP contribution >= 0.6 is 0 Å². The molecule has 0 aromatic rings. The van der Waals surface area contributed by atoms with Gasteiger partial charge >= 0.3 is 5.97 Å². The van der Waals surface area contributed by atoms with Crippen LogP contribution in [0.1, 0.15) is 19.8 Å². The summed E-state index contributed by atoms with van der Waals surface area (Å²) < 4.78 is 15.2. The van der Waals surface area contributed by atoms with Crippen LogP contribution in [0.3, 0.4) is 0 Å². The van der Waals surface area contributed by atoms with E-state index >= 15 is 0 Å². The highest BCUT2D eigenvalue weighted by Crippen LogP contribution is 2.07. The quantitative estimate of drug-likeness (QED) is 0.588. The molecule has 0 saturated carbocycles. The number of carbonyl (C=O) groups excluding carboxylic acids is 1. The molecular formula is C8H14O4. The van der Waals surface area contributed by atoms with Gasteiger partial charge in [-0.25, -0.2) is 0 Å². The van der Waals surface area contributed by atoms with Crippen molar-refractivity contribution in [1.82, 2.24) is 0 Å². The highest BCUT2D eigenvalue weighted by Gasteiger charge is 2.15. The van der Waals surface area contributed by atoms with Crippen molar-refractivity contribution in [1.29, 1.82) is 0 Å². The van der Waals surface area contributed by atoms with Crippen LogP contribution < -0.4 is 0 Å². The Kier molecular flexibility index (Phi) is 4.04. The van der Waals surface area contributed by atoms with Crippen LogP contribution in [0.2, 0.25) is 0 Å². The molecule has 0 spiro atoms. The zero-order chi connectivity index (χ0) is 8.81. The molecule has 0 aliphatic carbocycles. The topological polar surface area (TPSA) is 44.8 Å². The van der Waals surface area contributed by atoms with Gasteiger partial charge in [0.2, 0.25) is 0 Å². The summed E-state index contributed by atoms with van der Waals surface area (Å²) in [6, 6.07) is 0. The van der Waals surface area contributed by atoms with E-state index in [4.69, 9.17) is 14.2 Å². The first kappa shape index (κ1) is 9.48. The van der Waals surface area contributed by atoms with Gasteiger partial charge in [-0.05, 0) is 0 Å². The lowest BCUT2D eigenvalue weighted by Crippen LogP contribution is -2.13. The summed E-state index contributed by atoms with van der Waals surface area (Å²) in [7, 11) is 0. The van der Waals surface area contributed by atoms with Gasteiger partial charge in [-0.15, -0.1) is 0 Å². The van der Waals surface area contributed by atoms with Crippen molar-refractivity contribution >= 4 is 5.97 Å². The molecule has 1 saturated heterocycles. The Bertz CT molecular complexity index is 140. The van der Waals surface area contributed by atoms with Crippen molar-refractivity contribution in [3.63, 3.8) is 0 Å². The van der Waals surface area contributed by atoms with Gasteiger partial charge in [0.25, 0.3) is 0 Å². The van der Waals surface area contributed by atoms with Gasteiger partial charge < -0.3 is 14.2 Å². The van der Waals surface area contributed by atoms with Gasteiger partial charge in [0, 0.05) is 12.8 Å². The second-order valence-corrected chi connectivity index (χ2v) is 2.53. The minimum absolute atomic E-state index is 0.172. The molecule has 0 N–H and O–H groups in total. The lowest BCUT2D eigenvalue weighted by Gasteiger charge is -2.08. The van der Waals surface area contributed by atoms with Crippen molar-refractivity contribution in [3.8, 4) is 0 Å². The van der Waals surface area contributed by atoms with Crippen LogP contribution in [0.5, 0.6) is 0 Å². The molecule has 70 valence electrons. The molecule has 1 aliphatic rings. The zero-order valence-electron chi connectivity index (χ0n) is 7.25. The molecule has 1 heterocycles. The highest BCUT2D eigenvalue weighted by atomic mass is 16.7. The van der Waals surface area contributed by atoms with Crippen molar-refractivity contribution in [2.24, 2.45) is 0 Å². The van der Waals surface area contributed by atoms with E-state index in [1.54, 1.807) is 6.92 Å². The van der Waals surface area contributed by atoms with Crippen LogP contribution in [-0.2, 0) is 19.0 Å². The number of hydrogen-bond donors (Lipinski definition) is 0. The molecule has 0 unspecified atom stereocenters. The number of esters is 1. The maximum absolute atomic E-state index is 10.7. The van der Waals surface area contributed by atoms with Crippen LogP contribution in [0.15, 0.2) is 0 Å². The fraction of sp³-hybridized carbons (Fsp3) is 0.875. The molecule has 0 aromatic heterocycles. The fourth-order valence-corrected chi connectivity index (χ4v) is 0.945. The number of carbonyl (C=O) groups is 1. The lowest BCUT2D eigenvalue weighted by atomic mass is 10.4. The fourth-order valence-electron chi connectivity index (χ4n) is 0.945. The van der Waals surface area contributed by atoms with E-state index in [1.165, 1.54) is 0 Å². The third kappa shape index (κ3) is 3.19. The Labute approximate surface area is 71.8 Å². The van der Waals surface area contributed by atoms with Crippen LogP contribution in [0.4, 0.5) is 0 Å². The van der Waals surface area contributed by atoms with E-state index in [1.807, 2.05) is 0 Å². The largest absolute Gasteiger partial charge is 0.465 e. The van der Waals surface area contributed by atoms with E-state index in [0.29, 0.717) is 32.7 Å². The third-order valence-corrected chi connectivity index (χ3v) is 1.60.